The van der Waals surface area contributed by atoms with E-state index in [1.54, 1.807) is 0 Å². The summed E-state index contributed by atoms with van der Waals surface area (Å²) in [6.45, 7) is 1.71. The van der Waals surface area contributed by atoms with E-state index in [1.165, 1.54) is 18.2 Å². The number of rotatable bonds is 2. The monoisotopic (exact) mass is 345 g/mol. The molecule has 2 heterocycles. The molecule has 2 bridgehead atoms. The molecule has 2 aliphatic rings. The number of hydrogen-bond acceptors (Lipinski definition) is 4. The molecular formula is C14H17Cl2N3O3. The molecule has 0 radical (unpaired) electrons. The molecule has 2 unspecified atom stereocenters. The van der Waals surface area contributed by atoms with Gasteiger partial charge in [-0.25, -0.2) is 0 Å². The zero-order valence-electron chi connectivity index (χ0n) is 11.8. The Morgan fingerprint density at radius 1 is 1.32 bits per heavy atom. The van der Waals surface area contributed by atoms with Crippen molar-refractivity contribution >= 4 is 35.6 Å². The van der Waals surface area contributed by atoms with Gasteiger partial charge in [0.2, 0.25) is 0 Å². The molecule has 1 amide bonds. The van der Waals surface area contributed by atoms with E-state index in [1.807, 2.05) is 4.90 Å². The molecule has 0 aromatic heterocycles. The number of carbonyl (C=O) groups excluding carboxylic acids is 1. The average molecular weight is 346 g/mol. The van der Waals surface area contributed by atoms with Crippen LogP contribution in [0.25, 0.3) is 0 Å². The van der Waals surface area contributed by atoms with Crippen LogP contribution in [0.3, 0.4) is 0 Å². The van der Waals surface area contributed by atoms with Crippen LogP contribution in [-0.4, -0.2) is 40.9 Å². The Balaban J connectivity index is 0.00000176. The molecule has 1 aromatic rings. The number of nitrogens with zero attached hydrogens (tertiary/aromatic N) is 2. The van der Waals surface area contributed by atoms with Crippen molar-refractivity contribution < 1.29 is 9.72 Å². The second kappa shape index (κ2) is 6.81. The maximum absolute atomic E-state index is 12.8. The minimum absolute atomic E-state index is 0. The molecular weight excluding hydrogens is 329 g/mol. The molecule has 2 saturated heterocycles. The fourth-order valence-corrected chi connectivity index (χ4v) is 3.50. The Labute approximate surface area is 139 Å². The predicted octanol–water partition coefficient (Wildman–Crippen LogP) is 2.64. The normalized spacial score (nSPS) is 23.6. The third-order valence-corrected chi connectivity index (χ3v) is 4.60. The van der Waals surface area contributed by atoms with E-state index >= 15 is 0 Å². The van der Waals surface area contributed by atoms with Gasteiger partial charge in [-0.1, -0.05) is 11.6 Å². The molecule has 2 aliphatic heterocycles. The van der Waals surface area contributed by atoms with Crippen molar-refractivity contribution in [1.82, 2.24) is 10.2 Å². The van der Waals surface area contributed by atoms with E-state index in [9.17, 15) is 14.9 Å². The summed E-state index contributed by atoms with van der Waals surface area (Å²) < 4.78 is 0. The van der Waals surface area contributed by atoms with Gasteiger partial charge >= 0.3 is 0 Å². The molecule has 1 aromatic carbocycles. The van der Waals surface area contributed by atoms with Gasteiger partial charge in [-0.2, -0.15) is 0 Å². The Kier molecular flexibility index (Phi) is 5.26. The van der Waals surface area contributed by atoms with Gasteiger partial charge in [0.1, 0.15) is 0 Å². The first kappa shape index (κ1) is 17.0. The van der Waals surface area contributed by atoms with Crippen LogP contribution in [0.2, 0.25) is 5.02 Å². The van der Waals surface area contributed by atoms with E-state index in [-0.39, 0.29) is 41.1 Å². The van der Waals surface area contributed by atoms with Crippen LogP contribution in [0.15, 0.2) is 18.2 Å². The molecule has 6 nitrogen and oxygen atoms in total. The van der Waals surface area contributed by atoms with Gasteiger partial charge < -0.3 is 10.2 Å². The molecule has 22 heavy (non-hydrogen) atoms. The highest BCUT2D eigenvalue weighted by atomic mass is 35.5. The summed E-state index contributed by atoms with van der Waals surface area (Å²) in [6, 6.07) is 4.46. The zero-order chi connectivity index (χ0) is 15.0. The molecule has 8 heteroatoms. The summed E-state index contributed by atoms with van der Waals surface area (Å²) in [5.41, 5.74) is 0.248. The lowest BCUT2D eigenvalue weighted by molar-refractivity contribution is -0.384. The first-order valence-electron chi connectivity index (χ1n) is 7.05. The van der Waals surface area contributed by atoms with Crippen molar-refractivity contribution in [3.05, 3.63) is 38.9 Å². The molecule has 0 aliphatic carbocycles. The molecule has 3 rings (SSSR count). The first-order chi connectivity index (χ1) is 10.1. The summed E-state index contributed by atoms with van der Waals surface area (Å²) in [6.07, 6.45) is 2.95. The van der Waals surface area contributed by atoms with Crippen molar-refractivity contribution in [2.24, 2.45) is 0 Å². The van der Waals surface area contributed by atoms with Crippen molar-refractivity contribution in [2.45, 2.75) is 31.3 Å². The van der Waals surface area contributed by atoms with Crippen LogP contribution in [0.4, 0.5) is 5.69 Å². The smallest absolute Gasteiger partial charge is 0.270 e. The molecule has 2 fully saturated rings. The topological polar surface area (TPSA) is 75.5 Å². The van der Waals surface area contributed by atoms with Crippen LogP contribution in [-0.2, 0) is 0 Å². The highest BCUT2D eigenvalue weighted by Crippen LogP contribution is 2.32. The number of fused-ring (bicyclic) bond motifs is 2. The van der Waals surface area contributed by atoms with Crippen molar-refractivity contribution in [2.75, 3.05) is 13.1 Å². The predicted molar refractivity (Wildman–Crippen MR) is 85.8 cm³/mol. The van der Waals surface area contributed by atoms with E-state index in [0.717, 1.165) is 32.4 Å². The first-order valence-corrected chi connectivity index (χ1v) is 7.43. The number of benzene rings is 1. The van der Waals surface area contributed by atoms with E-state index in [0.29, 0.717) is 5.56 Å². The van der Waals surface area contributed by atoms with Crippen LogP contribution < -0.4 is 5.32 Å². The third kappa shape index (κ3) is 3.04. The van der Waals surface area contributed by atoms with Crippen molar-refractivity contribution in [3.63, 3.8) is 0 Å². The molecule has 120 valence electrons. The third-order valence-electron chi connectivity index (χ3n) is 4.28. The van der Waals surface area contributed by atoms with Crippen LogP contribution in [0, 0.1) is 10.1 Å². The highest BCUT2D eigenvalue weighted by molar-refractivity contribution is 6.34. The number of halogens is 2. The van der Waals surface area contributed by atoms with E-state index in [2.05, 4.69) is 5.32 Å². The highest BCUT2D eigenvalue weighted by Gasteiger charge is 2.38. The van der Waals surface area contributed by atoms with Crippen LogP contribution >= 0.6 is 24.0 Å². The Bertz CT molecular complexity index is 583. The van der Waals surface area contributed by atoms with Crippen molar-refractivity contribution in [3.8, 4) is 0 Å². The second-order valence-corrected chi connectivity index (χ2v) is 5.92. The summed E-state index contributed by atoms with van der Waals surface area (Å²) in [7, 11) is 0. The largest absolute Gasteiger partial charge is 0.331 e. The zero-order valence-corrected chi connectivity index (χ0v) is 13.4. The van der Waals surface area contributed by atoms with E-state index < -0.39 is 4.92 Å². The lowest BCUT2D eigenvalue weighted by Gasteiger charge is -2.28. The number of amides is 1. The van der Waals surface area contributed by atoms with Gasteiger partial charge in [-0.15, -0.1) is 12.4 Å². The summed E-state index contributed by atoms with van der Waals surface area (Å²) in [4.78, 5) is 24.9. The Morgan fingerprint density at radius 2 is 2.05 bits per heavy atom. The van der Waals surface area contributed by atoms with Gasteiger partial charge in [0.05, 0.1) is 15.5 Å². The fourth-order valence-electron chi connectivity index (χ4n) is 3.24. The van der Waals surface area contributed by atoms with Gasteiger partial charge in [0.25, 0.3) is 11.6 Å². The number of hydrogen-bond donors (Lipinski definition) is 1. The van der Waals surface area contributed by atoms with Crippen LogP contribution in [0.5, 0.6) is 0 Å². The number of nitro groups is 1. The van der Waals surface area contributed by atoms with E-state index in [4.69, 9.17) is 11.6 Å². The number of carbonyl (C=O) groups is 1. The molecule has 0 spiro atoms. The maximum atomic E-state index is 12.8. The minimum atomic E-state index is -0.514. The summed E-state index contributed by atoms with van der Waals surface area (Å²) in [5, 5.41) is 14.2. The Morgan fingerprint density at radius 3 is 2.73 bits per heavy atom. The number of non-ortho nitro benzene ring substituents is 1. The molecule has 1 N–H and O–H groups in total. The molecule has 2 atom stereocenters. The number of nitrogens with one attached hydrogen (secondary N) is 1. The quantitative estimate of drug-likeness (QED) is 0.660. The SMILES string of the molecule is Cl.O=C(c1ccc([N+](=O)[O-])cc1Cl)N1C2CCNCC1CC2. The standard InChI is InChI=1S/C14H16ClN3O3.ClH/c15-13-7-10(18(20)21)3-4-12(13)14(19)17-9-1-2-11(17)8-16-6-5-9;/h3-4,7,9,11,16H,1-2,5-6,8H2;1H. The Hall–Kier alpha value is -1.37. The average Bonchev–Trinajstić information content (AvgIpc) is 2.71. The second-order valence-electron chi connectivity index (χ2n) is 5.51. The maximum Gasteiger partial charge on any atom is 0.270 e. The molecule has 0 saturated carbocycles. The van der Waals surface area contributed by atoms with Gasteiger partial charge in [0, 0.05) is 30.8 Å². The summed E-state index contributed by atoms with van der Waals surface area (Å²) in [5.74, 6) is -0.119. The van der Waals surface area contributed by atoms with Gasteiger partial charge in [0.15, 0.2) is 0 Å². The van der Waals surface area contributed by atoms with Crippen LogP contribution in [0.1, 0.15) is 29.6 Å². The minimum Gasteiger partial charge on any atom is -0.331 e. The lowest BCUT2D eigenvalue weighted by Crippen LogP contribution is -2.42. The summed E-state index contributed by atoms with van der Waals surface area (Å²) >= 11 is 6.08. The van der Waals surface area contributed by atoms with Gasteiger partial charge in [-0.3, -0.25) is 14.9 Å². The number of nitro benzene ring substituents is 1. The van der Waals surface area contributed by atoms with Crippen molar-refractivity contribution in [1.29, 1.82) is 0 Å². The fraction of sp³-hybridized carbons (Fsp3) is 0.500. The lowest BCUT2D eigenvalue weighted by atomic mass is 10.1. The van der Waals surface area contributed by atoms with Gasteiger partial charge in [-0.05, 0) is 31.9 Å².